The van der Waals surface area contributed by atoms with Crippen LogP contribution in [0, 0.1) is 11.3 Å². The Morgan fingerprint density at radius 3 is 2.50 bits per heavy atom. The number of hydrogen-bond acceptors (Lipinski definition) is 2. The quantitative estimate of drug-likeness (QED) is 0.534. The zero-order chi connectivity index (χ0) is 6.04. The largest absolute Gasteiger partial charge is 0.377 e. The molecule has 0 atom stereocenters. The van der Waals surface area contributed by atoms with E-state index < -0.39 is 0 Å². The summed E-state index contributed by atoms with van der Waals surface area (Å²) >= 11 is 0. The van der Waals surface area contributed by atoms with E-state index in [1.165, 1.54) is 0 Å². The molecule has 1 rings (SSSR count). The van der Waals surface area contributed by atoms with Crippen molar-refractivity contribution in [3.8, 4) is 6.07 Å². The number of rotatable bonds is 2. The maximum absolute atomic E-state index is 8.24. The van der Waals surface area contributed by atoms with Crippen LogP contribution in [0.4, 0.5) is 0 Å². The first-order valence-corrected chi connectivity index (χ1v) is 2.75. The maximum atomic E-state index is 8.24. The Morgan fingerprint density at radius 2 is 2.38 bits per heavy atom. The summed E-state index contributed by atoms with van der Waals surface area (Å²) in [6.45, 7) is 0. The van der Waals surface area contributed by atoms with Crippen molar-refractivity contribution in [2.45, 2.75) is 24.9 Å². The molecule has 0 bridgehead atoms. The van der Waals surface area contributed by atoms with Gasteiger partial charge in [-0.2, -0.15) is 5.26 Å². The molecule has 0 aromatic heterocycles. The van der Waals surface area contributed by atoms with Crippen LogP contribution in [-0.4, -0.2) is 12.7 Å². The van der Waals surface area contributed by atoms with Gasteiger partial charge in [0.15, 0.2) is 0 Å². The molecule has 44 valence electrons. The molecule has 1 aliphatic rings. The molecule has 0 amide bonds. The van der Waals surface area contributed by atoms with Crippen LogP contribution >= 0.6 is 0 Å². The fourth-order valence-corrected chi connectivity index (χ4v) is 0.737. The Hall–Kier alpha value is -0.550. The predicted octanol–water partition coefficient (Wildman–Crippen LogP) is 1.08. The van der Waals surface area contributed by atoms with E-state index >= 15 is 0 Å². The zero-order valence-corrected chi connectivity index (χ0v) is 4.98. The molecule has 0 aromatic rings. The molecule has 0 saturated heterocycles. The van der Waals surface area contributed by atoms with Crippen molar-refractivity contribution in [1.29, 1.82) is 5.26 Å². The van der Waals surface area contributed by atoms with Crippen LogP contribution in [0.15, 0.2) is 0 Å². The Labute approximate surface area is 49.1 Å². The van der Waals surface area contributed by atoms with Gasteiger partial charge in [0.05, 0.1) is 18.1 Å². The van der Waals surface area contributed by atoms with Crippen LogP contribution < -0.4 is 0 Å². The van der Waals surface area contributed by atoms with Crippen molar-refractivity contribution in [3.05, 3.63) is 0 Å². The minimum atomic E-state index is -0.0191. The van der Waals surface area contributed by atoms with E-state index in [1.807, 2.05) is 0 Å². The van der Waals surface area contributed by atoms with Gasteiger partial charge in [-0.3, -0.25) is 0 Å². The van der Waals surface area contributed by atoms with Gasteiger partial charge in [-0.05, 0) is 12.8 Å². The summed E-state index contributed by atoms with van der Waals surface area (Å²) in [5, 5.41) is 8.24. The van der Waals surface area contributed by atoms with Gasteiger partial charge in [0.25, 0.3) is 0 Å². The topological polar surface area (TPSA) is 33.0 Å². The summed E-state index contributed by atoms with van der Waals surface area (Å²) in [5.74, 6) is 0. The molecule has 1 saturated carbocycles. The van der Waals surface area contributed by atoms with E-state index in [0.717, 1.165) is 12.8 Å². The summed E-state index contributed by atoms with van der Waals surface area (Å²) in [6.07, 6.45) is 2.69. The van der Waals surface area contributed by atoms with Crippen molar-refractivity contribution in [3.63, 3.8) is 0 Å². The van der Waals surface area contributed by atoms with E-state index in [1.54, 1.807) is 7.11 Å². The highest BCUT2D eigenvalue weighted by molar-refractivity contribution is 5.01. The number of methoxy groups -OCH3 is 1. The number of nitriles is 1. The van der Waals surface area contributed by atoms with Gasteiger partial charge in [-0.1, -0.05) is 0 Å². The van der Waals surface area contributed by atoms with E-state index in [4.69, 9.17) is 10.00 Å². The highest BCUT2D eigenvalue weighted by Gasteiger charge is 2.42. The van der Waals surface area contributed by atoms with E-state index in [9.17, 15) is 0 Å². The Kier molecular flexibility index (Phi) is 1.22. The van der Waals surface area contributed by atoms with Crippen molar-refractivity contribution in [2.75, 3.05) is 7.11 Å². The van der Waals surface area contributed by atoms with Crippen LogP contribution in [0.25, 0.3) is 0 Å². The molecular weight excluding hydrogens is 102 g/mol. The van der Waals surface area contributed by atoms with Gasteiger partial charge >= 0.3 is 0 Å². The third-order valence-corrected chi connectivity index (χ3v) is 1.64. The smallest absolute Gasteiger partial charge is 0.0810 e. The first-order chi connectivity index (χ1) is 3.83. The lowest BCUT2D eigenvalue weighted by Gasteiger charge is -2.05. The summed E-state index contributed by atoms with van der Waals surface area (Å²) in [7, 11) is 1.67. The minimum absolute atomic E-state index is 0.0191. The monoisotopic (exact) mass is 111 g/mol. The molecule has 8 heavy (non-hydrogen) atoms. The highest BCUT2D eigenvalue weighted by Crippen LogP contribution is 2.41. The normalized spacial score (nSPS) is 22.0. The predicted molar refractivity (Wildman–Crippen MR) is 29.2 cm³/mol. The summed E-state index contributed by atoms with van der Waals surface area (Å²) in [4.78, 5) is 0. The lowest BCUT2D eigenvalue weighted by atomic mass is 10.2. The van der Waals surface area contributed by atoms with Crippen molar-refractivity contribution in [1.82, 2.24) is 0 Å². The average molecular weight is 111 g/mol. The Bertz CT molecular complexity index is 121. The number of hydrogen-bond donors (Lipinski definition) is 0. The van der Waals surface area contributed by atoms with Gasteiger partial charge in [0.2, 0.25) is 0 Å². The molecule has 1 fully saturated rings. The van der Waals surface area contributed by atoms with Crippen molar-refractivity contribution >= 4 is 0 Å². The zero-order valence-electron chi connectivity index (χ0n) is 4.98. The molecule has 0 aliphatic heterocycles. The van der Waals surface area contributed by atoms with E-state index in [0.29, 0.717) is 6.42 Å². The van der Waals surface area contributed by atoms with Crippen LogP contribution in [0.3, 0.4) is 0 Å². The molecule has 2 heteroatoms. The molecule has 0 aromatic carbocycles. The fraction of sp³-hybridized carbons (Fsp3) is 0.833. The van der Waals surface area contributed by atoms with Gasteiger partial charge in [0.1, 0.15) is 0 Å². The third kappa shape index (κ3) is 0.823. The van der Waals surface area contributed by atoms with Crippen LogP contribution in [0.5, 0.6) is 0 Å². The van der Waals surface area contributed by atoms with E-state index in [-0.39, 0.29) is 5.60 Å². The lowest BCUT2D eigenvalue weighted by molar-refractivity contribution is 0.0845. The summed E-state index contributed by atoms with van der Waals surface area (Å²) in [6, 6.07) is 2.10. The number of ether oxygens (including phenoxy) is 1. The van der Waals surface area contributed by atoms with Crippen LogP contribution in [-0.2, 0) is 4.74 Å². The average Bonchev–Trinajstić information content (AvgIpc) is 2.50. The standard InChI is InChI=1S/C6H9NO/c1-8-6(2-3-6)4-5-7/h2-4H2,1H3. The third-order valence-electron chi connectivity index (χ3n) is 1.64. The van der Waals surface area contributed by atoms with Crippen LogP contribution in [0.1, 0.15) is 19.3 Å². The Morgan fingerprint density at radius 1 is 1.75 bits per heavy atom. The second-order valence-electron chi connectivity index (χ2n) is 2.22. The van der Waals surface area contributed by atoms with Crippen LogP contribution in [0.2, 0.25) is 0 Å². The van der Waals surface area contributed by atoms with Crippen molar-refractivity contribution in [2.24, 2.45) is 0 Å². The summed E-state index contributed by atoms with van der Waals surface area (Å²) < 4.78 is 5.07. The first kappa shape index (κ1) is 5.58. The summed E-state index contributed by atoms with van der Waals surface area (Å²) in [5.41, 5.74) is -0.0191. The SMILES string of the molecule is COC1(CC#N)CC1. The second kappa shape index (κ2) is 1.75. The van der Waals surface area contributed by atoms with Gasteiger partial charge in [0, 0.05) is 7.11 Å². The van der Waals surface area contributed by atoms with Gasteiger partial charge in [-0.15, -0.1) is 0 Å². The molecule has 0 radical (unpaired) electrons. The molecule has 1 aliphatic carbocycles. The Balaban J connectivity index is 2.33. The second-order valence-corrected chi connectivity index (χ2v) is 2.22. The molecule has 2 nitrogen and oxygen atoms in total. The van der Waals surface area contributed by atoms with Gasteiger partial charge in [-0.25, -0.2) is 0 Å². The molecule has 0 heterocycles. The molecular formula is C6H9NO. The maximum Gasteiger partial charge on any atom is 0.0810 e. The van der Waals surface area contributed by atoms with Crippen molar-refractivity contribution < 1.29 is 4.74 Å². The number of nitrogens with zero attached hydrogens (tertiary/aromatic N) is 1. The molecule has 0 unspecified atom stereocenters. The lowest BCUT2D eigenvalue weighted by Crippen LogP contribution is -2.08. The minimum Gasteiger partial charge on any atom is -0.377 e. The van der Waals surface area contributed by atoms with Gasteiger partial charge < -0.3 is 4.74 Å². The molecule has 0 spiro atoms. The highest BCUT2D eigenvalue weighted by atomic mass is 16.5. The first-order valence-electron chi connectivity index (χ1n) is 2.75. The molecule has 0 N–H and O–H groups in total. The van der Waals surface area contributed by atoms with E-state index in [2.05, 4.69) is 6.07 Å². The fourth-order valence-electron chi connectivity index (χ4n) is 0.737.